The van der Waals surface area contributed by atoms with Crippen molar-refractivity contribution in [2.75, 3.05) is 16.8 Å². The van der Waals surface area contributed by atoms with Crippen LogP contribution in [0.5, 0.6) is 0 Å². The SMILES string of the molecule is O=S1(=O)CCC(Nc2ccccc2-n2cncn2)CC1. The Hall–Kier alpha value is -1.89. The van der Waals surface area contributed by atoms with Gasteiger partial charge in [-0.3, -0.25) is 0 Å². The number of rotatable bonds is 3. The first-order chi connectivity index (χ1) is 9.64. The van der Waals surface area contributed by atoms with Gasteiger partial charge in [0.05, 0.1) is 22.9 Å². The van der Waals surface area contributed by atoms with Gasteiger partial charge in [0.15, 0.2) is 0 Å². The highest BCUT2D eigenvalue weighted by atomic mass is 32.2. The maximum Gasteiger partial charge on any atom is 0.150 e. The molecular weight excluding hydrogens is 276 g/mol. The second-order valence-electron chi connectivity index (χ2n) is 4.93. The van der Waals surface area contributed by atoms with Gasteiger partial charge in [-0.2, -0.15) is 5.10 Å². The molecule has 0 radical (unpaired) electrons. The molecule has 0 amide bonds. The Morgan fingerprint density at radius 3 is 2.65 bits per heavy atom. The van der Waals surface area contributed by atoms with Gasteiger partial charge in [0.25, 0.3) is 0 Å². The minimum Gasteiger partial charge on any atom is -0.381 e. The first kappa shape index (κ1) is 13.1. The molecule has 0 bridgehead atoms. The van der Waals surface area contributed by atoms with Crippen LogP contribution < -0.4 is 5.32 Å². The number of hydrogen-bond donors (Lipinski definition) is 1. The first-order valence-electron chi connectivity index (χ1n) is 6.55. The smallest absolute Gasteiger partial charge is 0.150 e. The zero-order chi connectivity index (χ0) is 14.0. The number of benzene rings is 1. The van der Waals surface area contributed by atoms with Crippen LogP contribution in [-0.2, 0) is 9.84 Å². The minimum absolute atomic E-state index is 0.184. The summed E-state index contributed by atoms with van der Waals surface area (Å²) in [6.07, 6.45) is 4.43. The normalized spacial score (nSPS) is 18.8. The van der Waals surface area contributed by atoms with Crippen molar-refractivity contribution in [2.45, 2.75) is 18.9 Å². The molecular formula is C13H16N4O2S. The summed E-state index contributed by atoms with van der Waals surface area (Å²) in [5.74, 6) is 0.520. The quantitative estimate of drug-likeness (QED) is 0.921. The summed E-state index contributed by atoms with van der Waals surface area (Å²) in [5.41, 5.74) is 1.86. The van der Waals surface area contributed by atoms with Gasteiger partial charge in [-0.15, -0.1) is 0 Å². The molecule has 1 aromatic heterocycles. The molecule has 7 heteroatoms. The lowest BCUT2D eigenvalue weighted by Crippen LogP contribution is -2.32. The highest BCUT2D eigenvalue weighted by Gasteiger charge is 2.23. The van der Waals surface area contributed by atoms with Crippen LogP contribution in [0.4, 0.5) is 5.69 Å². The van der Waals surface area contributed by atoms with Crippen molar-refractivity contribution >= 4 is 15.5 Å². The standard InChI is InChI=1S/C13H16N4O2S/c18-20(19)7-5-11(6-8-20)16-12-3-1-2-4-13(12)17-10-14-9-15-17/h1-4,9-11,16H,5-8H2. The zero-order valence-corrected chi connectivity index (χ0v) is 11.8. The van der Waals surface area contributed by atoms with Crippen molar-refractivity contribution in [3.63, 3.8) is 0 Å². The fraction of sp³-hybridized carbons (Fsp3) is 0.385. The molecule has 0 atom stereocenters. The molecule has 1 aliphatic rings. The average molecular weight is 292 g/mol. The van der Waals surface area contributed by atoms with Gasteiger partial charge in [0.2, 0.25) is 0 Å². The number of anilines is 1. The molecule has 0 unspecified atom stereocenters. The van der Waals surface area contributed by atoms with Crippen LogP contribution in [0.15, 0.2) is 36.9 Å². The largest absolute Gasteiger partial charge is 0.381 e. The van der Waals surface area contributed by atoms with Crippen LogP contribution >= 0.6 is 0 Å². The monoisotopic (exact) mass is 292 g/mol. The van der Waals surface area contributed by atoms with Crippen molar-refractivity contribution in [3.8, 4) is 5.69 Å². The molecule has 1 aromatic carbocycles. The number of hydrogen-bond acceptors (Lipinski definition) is 5. The number of nitrogens with zero attached hydrogens (tertiary/aromatic N) is 3. The van der Waals surface area contributed by atoms with Gasteiger partial charge in [0.1, 0.15) is 22.5 Å². The molecule has 3 rings (SSSR count). The molecule has 20 heavy (non-hydrogen) atoms. The second kappa shape index (κ2) is 5.24. The van der Waals surface area contributed by atoms with E-state index < -0.39 is 9.84 Å². The molecule has 6 nitrogen and oxygen atoms in total. The van der Waals surface area contributed by atoms with Crippen molar-refractivity contribution in [3.05, 3.63) is 36.9 Å². The van der Waals surface area contributed by atoms with Gasteiger partial charge in [-0.05, 0) is 25.0 Å². The molecule has 106 valence electrons. The van der Waals surface area contributed by atoms with E-state index in [1.165, 1.54) is 6.33 Å². The Bertz CT molecular complexity index is 668. The molecule has 2 aromatic rings. The van der Waals surface area contributed by atoms with Gasteiger partial charge in [-0.1, -0.05) is 12.1 Å². The summed E-state index contributed by atoms with van der Waals surface area (Å²) in [4.78, 5) is 3.95. The number of nitrogens with one attached hydrogen (secondary N) is 1. The summed E-state index contributed by atoms with van der Waals surface area (Å²) in [6.45, 7) is 0. The van der Waals surface area contributed by atoms with Crippen LogP contribution in [-0.4, -0.2) is 40.7 Å². The second-order valence-corrected chi connectivity index (χ2v) is 7.23. The van der Waals surface area contributed by atoms with Crippen LogP contribution in [0.1, 0.15) is 12.8 Å². The predicted molar refractivity (Wildman–Crippen MR) is 76.7 cm³/mol. The van der Waals surface area contributed by atoms with Crippen molar-refractivity contribution in [2.24, 2.45) is 0 Å². The van der Waals surface area contributed by atoms with Gasteiger partial charge in [-0.25, -0.2) is 18.1 Å². The Kier molecular flexibility index (Phi) is 3.43. The van der Waals surface area contributed by atoms with Crippen LogP contribution in [0.25, 0.3) is 5.69 Å². The minimum atomic E-state index is -2.83. The van der Waals surface area contributed by atoms with E-state index in [0.717, 1.165) is 11.4 Å². The molecule has 1 fully saturated rings. The van der Waals surface area contributed by atoms with Gasteiger partial charge in [0, 0.05) is 6.04 Å². The van der Waals surface area contributed by atoms with E-state index in [-0.39, 0.29) is 17.5 Å². The van der Waals surface area contributed by atoms with Crippen molar-refractivity contribution in [1.82, 2.24) is 14.8 Å². The maximum absolute atomic E-state index is 11.5. The molecule has 1 N–H and O–H groups in total. The Balaban J connectivity index is 1.79. The topological polar surface area (TPSA) is 76.9 Å². The summed E-state index contributed by atoms with van der Waals surface area (Å²) >= 11 is 0. The lowest BCUT2D eigenvalue weighted by Gasteiger charge is -2.25. The van der Waals surface area contributed by atoms with Crippen LogP contribution in [0.2, 0.25) is 0 Å². The molecule has 0 aliphatic carbocycles. The fourth-order valence-electron chi connectivity index (χ4n) is 2.38. The number of para-hydroxylation sites is 2. The molecule has 0 saturated carbocycles. The molecule has 1 aliphatic heterocycles. The van der Waals surface area contributed by atoms with Crippen LogP contribution in [0.3, 0.4) is 0 Å². The van der Waals surface area contributed by atoms with E-state index >= 15 is 0 Å². The van der Waals surface area contributed by atoms with E-state index in [0.29, 0.717) is 12.8 Å². The van der Waals surface area contributed by atoms with E-state index in [4.69, 9.17) is 0 Å². The maximum atomic E-state index is 11.5. The lowest BCUT2D eigenvalue weighted by atomic mass is 10.1. The zero-order valence-electron chi connectivity index (χ0n) is 10.9. The third-order valence-corrected chi connectivity index (χ3v) is 5.20. The summed E-state index contributed by atoms with van der Waals surface area (Å²) in [6, 6.07) is 8.00. The Morgan fingerprint density at radius 2 is 1.95 bits per heavy atom. The third-order valence-electron chi connectivity index (χ3n) is 3.48. The van der Waals surface area contributed by atoms with E-state index in [9.17, 15) is 8.42 Å². The Morgan fingerprint density at radius 1 is 1.20 bits per heavy atom. The molecule has 2 heterocycles. The Labute approximate surface area is 117 Å². The summed E-state index contributed by atoms with van der Waals surface area (Å²) in [7, 11) is -2.83. The van der Waals surface area contributed by atoms with E-state index in [1.807, 2.05) is 24.3 Å². The van der Waals surface area contributed by atoms with Crippen LogP contribution in [0, 0.1) is 0 Å². The molecule has 1 saturated heterocycles. The number of sulfone groups is 1. The summed E-state index contributed by atoms with van der Waals surface area (Å²) < 4.78 is 24.6. The average Bonchev–Trinajstić information content (AvgIpc) is 2.96. The third kappa shape index (κ3) is 2.82. The van der Waals surface area contributed by atoms with Crippen molar-refractivity contribution in [1.29, 1.82) is 0 Å². The predicted octanol–water partition coefficient (Wildman–Crippen LogP) is 1.26. The van der Waals surface area contributed by atoms with Gasteiger partial charge >= 0.3 is 0 Å². The highest BCUT2D eigenvalue weighted by molar-refractivity contribution is 7.91. The summed E-state index contributed by atoms with van der Waals surface area (Å²) in [5, 5.41) is 7.56. The first-order valence-corrected chi connectivity index (χ1v) is 8.37. The van der Waals surface area contributed by atoms with E-state index in [1.54, 1.807) is 11.0 Å². The highest BCUT2D eigenvalue weighted by Crippen LogP contribution is 2.23. The van der Waals surface area contributed by atoms with Gasteiger partial charge < -0.3 is 5.32 Å². The fourth-order valence-corrected chi connectivity index (χ4v) is 3.87. The number of aromatic nitrogens is 3. The van der Waals surface area contributed by atoms with E-state index in [2.05, 4.69) is 15.4 Å². The lowest BCUT2D eigenvalue weighted by molar-refractivity contribution is 0.559. The molecule has 0 spiro atoms. The van der Waals surface area contributed by atoms with Crippen molar-refractivity contribution < 1.29 is 8.42 Å².